The molecule has 2 atom stereocenters. The highest BCUT2D eigenvalue weighted by atomic mass is 16.2. The lowest BCUT2D eigenvalue weighted by molar-refractivity contribution is 0.0708. The third-order valence-electron chi connectivity index (χ3n) is 6.10. The average molecular weight is 367 g/mol. The molecular formula is C21H29N5O. The minimum absolute atomic E-state index is 0.0343. The summed E-state index contributed by atoms with van der Waals surface area (Å²) in [6, 6.07) is 11.2. The first-order valence-corrected chi connectivity index (χ1v) is 10.3. The van der Waals surface area contributed by atoms with Gasteiger partial charge < -0.3 is 10.2 Å². The second-order valence-electron chi connectivity index (χ2n) is 7.70. The zero-order valence-corrected chi connectivity index (χ0v) is 16.1. The second-order valence-corrected chi connectivity index (χ2v) is 7.70. The maximum Gasteiger partial charge on any atom is 0.276 e. The minimum Gasteiger partial charge on any atom is -0.334 e. The molecule has 2 unspecified atom stereocenters. The molecule has 3 heterocycles. The van der Waals surface area contributed by atoms with E-state index in [0.29, 0.717) is 17.7 Å². The highest BCUT2D eigenvalue weighted by Crippen LogP contribution is 2.34. The molecule has 0 bridgehead atoms. The normalized spacial score (nSPS) is 22.1. The van der Waals surface area contributed by atoms with Gasteiger partial charge in [0.15, 0.2) is 5.69 Å². The minimum atomic E-state index is 0.0343. The summed E-state index contributed by atoms with van der Waals surface area (Å²) in [6.45, 7) is 5.02. The van der Waals surface area contributed by atoms with Crippen molar-refractivity contribution in [3.05, 3.63) is 47.8 Å². The first-order chi connectivity index (χ1) is 13.3. The maximum atomic E-state index is 13.2. The van der Waals surface area contributed by atoms with E-state index in [4.69, 9.17) is 0 Å². The van der Waals surface area contributed by atoms with Crippen LogP contribution in [0.25, 0.3) is 0 Å². The number of hydrogen-bond donors (Lipinski definition) is 1. The molecule has 27 heavy (non-hydrogen) atoms. The first-order valence-electron chi connectivity index (χ1n) is 10.3. The number of likely N-dealkylation sites (tertiary alicyclic amines) is 1. The molecular weight excluding hydrogens is 338 g/mol. The fraction of sp³-hybridized carbons (Fsp3) is 0.571. The highest BCUT2D eigenvalue weighted by molar-refractivity contribution is 5.92. The lowest BCUT2D eigenvalue weighted by Crippen LogP contribution is -2.39. The molecule has 1 N–H and O–H groups in total. The van der Waals surface area contributed by atoms with Gasteiger partial charge in [0.05, 0.1) is 12.2 Å². The third-order valence-corrected chi connectivity index (χ3v) is 6.10. The Balaban J connectivity index is 1.51. The molecule has 6 nitrogen and oxygen atoms in total. The Hall–Kier alpha value is -2.21. The molecule has 144 valence electrons. The lowest BCUT2D eigenvalue weighted by Gasteiger charge is -2.31. The van der Waals surface area contributed by atoms with Crippen LogP contribution in [0.3, 0.4) is 0 Å². The van der Waals surface area contributed by atoms with E-state index in [1.165, 1.54) is 5.56 Å². The molecule has 2 aromatic rings. The quantitative estimate of drug-likeness (QED) is 0.882. The van der Waals surface area contributed by atoms with Crippen LogP contribution in [0.5, 0.6) is 0 Å². The fourth-order valence-corrected chi connectivity index (χ4v) is 4.66. The van der Waals surface area contributed by atoms with Gasteiger partial charge in [-0.25, -0.2) is 4.68 Å². The number of rotatable bonds is 5. The van der Waals surface area contributed by atoms with Crippen molar-refractivity contribution in [1.82, 2.24) is 25.2 Å². The molecule has 1 aromatic heterocycles. The van der Waals surface area contributed by atoms with Gasteiger partial charge in [-0.15, -0.1) is 5.10 Å². The number of nitrogens with one attached hydrogen (secondary N) is 1. The van der Waals surface area contributed by atoms with Crippen molar-refractivity contribution in [2.75, 3.05) is 19.6 Å². The average Bonchev–Trinajstić information content (AvgIpc) is 3.40. The first kappa shape index (κ1) is 18.2. The molecule has 0 aliphatic carbocycles. The number of aromatic nitrogens is 3. The van der Waals surface area contributed by atoms with Gasteiger partial charge in [0.25, 0.3) is 5.91 Å². The Bertz CT molecular complexity index is 753. The number of amides is 1. The van der Waals surface area contributed by atoms with Crippen LogP contribution in [0, 0.1) is 0 Å². The molecule has 0 spiro atoms. The van der Waals surface area contributed by atoms with Crippen LogP contribution in [0.4, 0.5) is 0 Å². The second kappa shape index (κ2) is 8.21. The summed E-state index contributed by atoms with van der Waals surface area (Å²) in [7, 11) is 0. The monoisotopic (exact) mass is 367 g/mol. The summed E-state index contributed by atoms with van der Waals surface area (Å²) >= 11 is 0. The van der Waals surface area contributed by atoms with Crippen molar-refractivity contribution in [3.63, 3.8) is 0 Å². The predicted octanol–water partition coefficient (Wildman–Crippen LogP) is 3.00. The van der Waals surface area contributed by atoms with Crippen molar-refractivity contribution >= 4 is 5.91 Å². The van der Waals surface area contributed by atoms with E-state index in [1.54, 1.807) is 0 Å². The SMILES string of the molecule is CCC(c1ccccc1)C1CCCN1C(=O)c1cn(C2CCNCC2)nn1. The summed E-state index contributed by atoms with van der Waals surface area (Å²) < 4.78 is 1.90. The molecule has 4 rings (SSSR count). The van der Waals surface area contributed by atoms with Crippen LogP contribution in [0.15, 0.2) is 36.5 Å². The number of carbonyl (C=O) groups is 1. The van der Waals surface area contributed by atoms with Crippen LogP contribution in [0.1, 0.15) is 67.0 Å². The Morgan fingerprint density at radius 3 is 2.74 bits per heavy atom. The van der Waals surface area contributed by atoms with Gasteiger partial charge in [0, 0.05) is 18.5 Å². The summed E-state index contributed by atoms with van der Waals surface area (Å²) in [5.41, 5.74) is 1.81. The Kier molecular flexibility index (Phi) is 5.53. The summed E-state index contributed by atoms with van der Waals surface area (Å²) in [4.78, 5) is 15.2. The smallest absolute Gasteiger partial charge is 0.276 e. The maximum absolute atomic E-state index is 13.2. The summed E-state index contributed by atoms with van der Waals surface area (Å²) in [6.07, 6.45) is 7.08. The molecule has 1 aromatic carbocycles. The van der Waals surface area contributed by atoms with Crippen LogP contribution < -0.4 is 5.32 Å². The van der Waals surface area contributed by atoms with Crippen molar-refractivity contribution in [3.8, 4) is 0 Å². The molecule has 2 aliphatic rings. The van der Waals surface area contributed by atoms with Crippen molar-refractivity contribution in [2.24, 2.45) is 0 Å². The van der Waals surface area contributed by atoms with Crippen molar-refractivity contribution in [1.29, 1.82) is 0 Å². The number of benzene rings is 1. The van der Waals surface area contributed by atoms with E-state index >= 15 is 0 Å². The van der Waals surface area contributed by atoms with Gasteiger partial charge in [-0.3, -0.25) is 4.79 Å². The van der Waals surface area contributed by atoms with E-state index in [-0.39, 0.29) is 11.9 Å². The Morgan fingerprint density at radius 2 is 2.00 bits per heavy atom. The third kappa shape index (κ3) is 3.76. The number of carbonyl (C=O) groups excluding carboxylic acids is 1. The zero-order valence-electron chi connectivity index (χ0n) is 16.1. The van der Waals surface area contributed by atoms with Crippen LogP contribution in [0.2, 0.25) is 0 Å². The standard InChI is InChI=1S/C21H29N5O/c1-2-18(16-7-4-3-5-8-16)20-9-6-14-25(20)21(27)19-15-26(24-23-19)17-10-12-22-13-11-17/h3-5,7-8,15,17-18,20,22H,2,6,9-14H2,1H3. The topological polar surface area (TPSA) is 63.1 Å². The van der Waals surface area contributed by atoms with E-state index < -0.39 is 0 Å². The van der Waals surface area contributed by atoms with Crippen LogP contribution in [-0.4, -0.2) is 51.5 Å². The number of piperidine rings is 1. The lowest BCUT2D eigenvalue weighted by atomic mass is 9.87. The van der Waals surface area contributed by atoms with Crippen molar-refractivity contribution < 1.29 is 4.79 Å². The summed E-state index contributed by atoms with van der Waals surface area (Å²) in [5.74, 6) is 0.407. The van der Waals surface area contributed by atoms with Crippen LogP contribution >= 0.6 is 0 Å². The Morgan fingerprint density at radius 1 is 1.22 bits per heavy atom. The fourth-order valence-electron chi connectivity index (χ4n) is 4.66. The molecule has 0 radical (unpaired) electrons. The van der Waals surface area contributed by atoms with Crippen LogP contribution in [-0.2, 0) is 0 Å². The molecule has 6 heteroatoms. The van der Waals surface area contributed by atoms with Gasteiger partial charge in [0.1, 0.15) is 0 Å². The van der Waals surface area contributed by atoms with Gasteiger partial charge >= 0.3 is 0 Å². The molecule has 2 saturated heterocycles. The molecule has 2 aliphatic heterocycles. The van der Waals surface area contributed by atoms with Gasteiger partial charge in [0.2, 0.25) is 0 Å². The van der Waals surface area contributed by atoms with E-state index in [0.717, 1.165) is 51.7 Å². The van der Waals surface area contributed by atoms with E-state index in [9.17, 15) is 4.79 Å². The van der Waals surface area contributed by atoms with Crippen molar-refractivity contribution in [2.45, 2.75) is 57.0 Å². The van der Waals surface area contributed by atoms with E-state index in [2.05, 4.69) is 46.8 Å². The Labute approximate surface area is 160 Å². The molecule has 2 fully saturated rings. The predicted molar refractivity (Wildman–Crippen MR) is 105 cm³/mol. The van der Waals surface area contributed by atoms with Gasteiger partial charge in [-0.1, -0.05) is 42.5 Å². The molecule has 0 saturated carbocycles. The van der Waals surface area contributed by atoms with Gasteiger partial charge in [-0.2, -0.15) is 0 Å². The summed E-state index contributed by atoms with van der Waals surface area (Å²) in [5, 5.41) is 11.9. The zero-order chi connectivity index (χ0) is 18.6. The number of nitrogens with zero attached hydrogens (tertiary/aromatic N) is 4. The number of hydrogen-bond acceptors (Lipinski definition) is 4. The molecule has 1 amide bonds. The van der Waals surface area contributed by atoms with Gasteiger partial charge in [-0.05, 0) is 50.8 Å². The largest absolute Gasteiger partial charge is 0.334 e. The highest BCUT2D eigenvalue weighted by Gasteiger charge is 2.36. The van der Waals surface area contributed by atoms with E-state index in [1.807, 2.05) is 21.8 Å².